The molecule has 4 heterocycles. The van der Waals surface area contributed by atoms with Crippen LogP contribution in [0.15, 0.2) is 60.8 Å². The Bertz CT molecular complexity index is 1690. The lowest BCUT2D eigenvalue weighted by molar-refractivity contribution is 0.411. The fraction of sp³-hybridized carbons (Fsp3) is 0.115. The van der Waals surface area contributed by atoms with Gasteiger partial charge in [-0.25, -0.2) is 14.4 Å². The quantitative estimate of drug-likeness (QED) is 0.363. The highest BCUT2D eigenvalue weighted by Crippen LogP contribution is 2.35. The Labute approximate surface area is 194 Å². The van der Waals surface area contributed by atoms with Crippen LogP contribution in [0.5, 0.6) is 5.75 Å². The third-order valence-electron chi connectivity index (χ3n) is 6.23. The Kier molecular flexibility index (Phi) is 4.48. The number of methoxy groups -OCH3 is 1. The van der Waals surface area contributed by atoms with E-state index in [2.05, 4.69) is 20.2 Å². The number of aromatic nitrogens is 6. The molecule has 6 rings (SSSR count). The van der Waals surface area contributed by atoms with Gasteiger partial charge < -0.3 is 14.3 Å². The highest BCUT2D eigenvalue weighted by atomic mass is 19.1. The second-order valence-electron chi connectivity index (χ2n) is 8.24. The second-order valence-corrected chi connectivity index (χ2v) is 8.24. The van der Waals surface area contributed by atoms with E-state index in [1.54, 1.807) is 0 Å². The fourth-order valence-corrected chi connectivity index (χ4v) is 4.34. The molecule has 0 spiro atoms. The number of nitrogens with zero attached hydrogens (tertiary/aromatic N) is 4. The minimum Gasteiger partial charge on any atom is -0.497 e. The van der Waals surface area contributed by atoms with E-state index in [0.29, 0.717) is 5.75 Å². The first kappa shape index (κ1) is 20.2. The summed E-state index contributed by atoms with van der Waals surface area (Å²) < 4.78 is 21.5. The molecule has 34 heavy (non-hydrogen) atoms. The predicted octanol–water partition coefficient (Wildman–Crippen LogP) is 5.63. The van der Waals surface area contributed by atoms with Crippen LogP contribution < -0.4 is 4.74 Å². The van der Waals surface area contributed by atoms with E-state index in [4.69, 9.17) is 9.72 Å². The molecule has 0 saturated heterocycles. The van der Waals surface area contributed by atoms with E-state index in [9.17, 15) is 4.39 Å². The molecule has 168 valence electrons. The molecular weight excluding hydrogens is 431 g/mol. The van der Waals surface area contributed by atoms with Crippen LogP contribution in [0.25, 0.3) is 55.8 Å². The largest absolute Gasteiger partial charge is 0.497 e. The van der Waals surface area contributed by atoms with Gasteiger partial charge in [-0.2, -0.15) is 5.10 Å². The monoisotopic (exact) mass is 452 g/mol. The first-order valence-corrected chi connectivity index (χ1v) is 10.8. The number of nitrogens with one attached hydrogen (secondary N) is 2. The first-order valence-electron chi connectivity index (χ1n) is 10.8. The molecule has 0 atom stereocenters. The van der Waals surface area contributed by atoms with Gasteiger partial charge >= 0.3 is 0 Å². The molecule has 0 aliphatic heterocycles. The first-order chi connectivity index (χ1) is 16.5. The van der Waals surface area contributed by atoms with Gasteiger partial charge in [0.15, 0.2) is 0 Å². The fourth-order valence-electron chi connectivity index (χ4n) is 4.34. The van der Waals surface area contributed by atoms with Gasteiger partial charge in [0.2, 0.25) is 0 Å². The summed E-state index contributed by atoms with van der Waals surface area (Å²) in [5.74, 6) is 1.05. The van der Waals surface area contributed by atoms with Gasteiger partial charge in [0.25, 0.3) is 0 Å². The molecule has 6 aromatic rings. The summed E-state index contributed by atoms with van der Waals surface area (Å²) in [6, 6.07) is 16.6. The summed E-state index contributed by atoms with van der Waals surface area (Å²) in [4.78, 5) is 12.7. The molecule has 0 saturated carbocycles. The molecule has 0 radical (unpaired) electrons. The van der Waals surface area contributed by atoms with Crippen LogP contribution in [0, 0.1) is 12.7 Å². The second kappa shape index (κ2) is 7.55. The molecule has 2 N–H and O–H groups in total. The molecule has 2 aromatic carbocycles. The molecule has 0 fully saturated rings. The number of benzene rings is 2. The topological polar surface area (TPSA) is 84.4 Å². The lowest BCUT2D eigenvalue weighted by atomic mass is 10.0. The van der Waals surface area contributed by atoms with E-state index < -0.39 is 0 Å². The van der Waals surface area contributed by atoms with E-state index in [1.165, 1.54) is 19.2 Å². The minimum atomic E-state index is -0.345. The number of H-pyrrole nitrogens is 2. The zero-order chi connectivity index (χ0) is 23.4. The maximum Gasteiger partial charge on any atom is 0.135 e. The maximum atomic E-state index is 14.2. The third kappa shape index (κ3) is 3.14. The van der Waals surface area contributed by atoms with Crippen LogP contribution in [0.4, 0.5) is 4.39 Å². The summed E-state index contributed by atoms with van der Waals surface area (Å²) in [5, 5.41) is 8.58. The average molecular weight is 452 g/mol. The molecule has 4 aromatic heterocycles. The van der Waals surface area contributed by atoms with Crippen molar-refractivity contribution in [2.45, 2.75) is 6.92 Å². The van der Waals surface area contributed by atoms with Crippen molar-refractivity contribution < 1.29 is 9.13 Å². The van der Waals surface area contributed by atoms with Crippen molar-refractivity contribution in [2.24, 2.45) is 7.05 Å². The summed E-state index contributed by atoms with van der Waals surface area (Å²) in [5.41, 5.74) is 7.46. The Morgan fingerprint density at radius 3 is 2.71 bits per heavy atom. The number of fused-ring (bicyclic) bond motifs is 2. The van der Waals surface area contributed by atoms with Crippen molar-refractivity contribution in [3.8, 4) is 39.7 Å². The summed E-state index contributed by atoms with van der Waals surface area (Å²) in [6.45, 7) is 1.96. The Hall–Kier alpha value is -4.46. The third-order valence-corrected chi connectivity index (χ3v) is 6.23. The zero-order valence-corrected chi connectivity index (χ0v) is 18.8. The molecule has 0 aliphatic rings. The van der Waals surface area contributed by atoms with Gasteiger partial charge in [-0.05, 0) is 54.4 Å². The van der Waals surface area contributed by atoms with E-state index in [1.807, 2.05) is 67.2 Å². The number of imidazole rings is 1. The maximum absolute atomic E-state index is 14.2. The van der Waals surface area contributed by atoms with Crippen molar-refractivity contribution in [2.75, 3.05) is 7.11 Å². The van der Waals surface area contributed by atoms with Crippen molar-refractivity contribution >= 4 is 21.9 Å². The van der Waals surface area contributed by atoms with Crippen molar-refractivity contribution in [1.29, 1.82) is 0 Å². The van der Waals surface area contributed by atoms with Gasteiger partial charge in [-0.1, -0.05) is 12.1 Å². The summed E-state index contributed by atoms with van der Waals surface area (Å²) in [6.07, 6.45) is 1.83. The predicted molar refractivity (Wildman–Crippen MR) is 130 cm³/mol. The normalized spacial score (nSPS) is 11.5. The number of pyridine rings is 1. The van der Waals surface area contributed by atoms with Crippen molar-refractivity contribution in [3.63, 3.8) is 0 Å². The van der Waals surface area contributed by atoms with Crippen LogP contribution in [0.2, 0.25) is 0 Å². The number of hydrogen-bond donors (Lipinski definition) is 2. The number of ether oxygens (including phenoxy) is 1. The molecule has 0 unspecified atom stereocenters. The van der Waals surface area contributed by atoms with Crippen LogP contribution in [-0.4, -0.2) is 36.8 Å². The number of rotatable bonds is 4. The molecule has 8 heteroatoms. The van der Waals surface area contributed by atoms with E-state index >= 15 is 0 Å². The number of hydrogen-bond acceptors (Lipinski definition) is 4. The van der Waals surface area contributed by atoms with Crippen LogP contribution in [0.3, 0.4) is 0 Å². The smallest absolute Gasteiger partial charge is 0.135 e. The Morgan fingerprint density at radius 1 is 1.03 bits per heavy atom. The minimum absolute atomic E-state index is 0.345. The standard InChI is InChI=1S/C26H21FN6O/c1-14-28-13-24(33(14)2)21-7-8-22-25(30-21)26(32-31-22)23-12-19-18(5-4-6-20(19)29-23)15-9-16(27)11-17(10-15)34-3/h4-13,29H,1-3H3,(H,31,32). The zero-order valence-electron chi connectivity index (χ0n) is 18.8. The van der Waals surface area contributed by atoms with E-state index in [-0.39, 0.29) is 5.82 Å². The molecule has 7 nitrogen and oxygen atoms in total. The molecule has 0 aliphatic carbocycles. The van der Waals surface area contributed by atoms with E-state index in [0.717, 1.165) is 61.7 Å². The number of aromatic amines is 2. The van der Waals surface area contributed by atoms with Gasteiger partial charge in [0, 0.05) is 24.0 Å². The van der Waals surface area contributed by atoms with Crippen LogP contribution in [-0.2, 0) is 7.05 Å². The lowest BCUT2D eigenvalue weighted by Gasteiger charge is -2.07. The highest BCUT2D eigenvalue weighted by molar-refractivity contribution is 6.00. The lowest BCUT2D eigenvalue weighted by Crippen LogP contribution is -1.96. The average Bonchev–Trinajstić information content (AvgIpc) is 3.54. The van der Waals surface area contributed by atoms with Gasteiger partial charge in [-0.15, -0.1) is 0 Å². The van der Waals surface area contributed by atoms with Crippen LogP contribution >= 0.6 is 0 Å². The van der Waals surface area contributed by atoms with Crippen molar-refractivity contribution in [1.82, 2.24) is 29.7 Å². The molecule has 0 amide bonds. The van der Waals surface area contributed by atoms with Gasteiger partial charge in [-0.3, -0.25) is 5.10 Å². The van der Waals surface area contributed by atoms with Gasteiger partial charge in [0.05, 0.1) is 35.9 Å². The molecule has 0 bridgehead atoms. The van der Waals surface area contributed by atoms with Crippen molar-refractivity contribution in [3.05, 3.63) is 72.4 Å². The Balaban J connectivity index is 1.50. The summed E-state index contributed by atoms with van der Waals surface area (Å²) in [7, 11) is 3.50. The number of aryl methyl sites for hydroxylation is 1. The summed E-state index contributed by atoms with van der Waals surface area (Å²) >= 11 is 0. The number of halogens is 1. The van der Waals surface area contributed by atoms with Gasteiger partial charge in [0.1, 0.15) is 28.6 Å². The Morgan fingerprint density at radius 2 is 1.91 bits per heavy atom. The SMILES string of the molecule is COc1cc(F)cc(-c2cccc3[nH]c(-c4n[nH]c5ccc(-c6cnc(C)n6C)nc45)cc23)c1. The van der Waals surface area contributed by atoms with Crippen LogP contribution in [0.1, 0.15) is 5.82 Å². The molecular formula is C26H21FN6O. The highest BCUT2D eigenvalue weighted by Gasteiger charge is 2.17.